The van der Waals surface area contributed by atoms with E-state index in [0.717, 1.165) is 51.2 Å². The standard InChI is InChI=1S/C16H30N4O2/c1-4-17-15(20-10-7-13(21)11-20)18-12-16(8-5-6-9-16)14(22)19(2)3/h13,21H,4-12H2,1-3H3,(H,17,18)/t13-/m1/s1. The molecule has 0 unspecified atom stereocenters. The van der Waals surface area contributed by atoms with E-state index in [2.05, 4.69) is 10.2 Å². The van der Waals surface area contributed by atoms with Gasteiger partial charge in [-0.1, -0.05) is 12.8 Å². The van der Waals surface area contributed by atoms with Gasteiger partial charge in [-0.25, -0.2) is 0 Å². The van der Waals surface area contributed by atoms with Crippen LogP contribution < -0.4 is 5.32 Å². The van der Waals surface area contributed by atoms with Crippen LogP contribution in [-0.2, 0) is 4.79 Å². The predicted octanol–water partition coefficient (Wildman–Crippen LogP) is 0.667. The topological polar surface area (TPSA) is 68.2 Å². The highest BCUT2D eigenvalue weighted by atomic mass is 16.3. The molecule has 0 bridgehead atoms. The van der Waals surface area contributed by atoms with Gasteiger partial charge in [0.25, 0.3) is 0 Å². The SMILES string of the molecule is CCNC(=NCC1(C(=O)N(C)C)CCCC1)N1CC[C@@H](O)C1. The summed E-state index contributed by atoms with van der Waals surface area (Å²) < 4.78 is 0. The van der Waals surface area contributed by atoms with E-state index in [1.54, 1.807) is 4.90 Å². The van der Waals surface area contributed by atoms with E-state index in [-0.39, 0.29) is 17.4 Å². The number of carbonyl (C=O) groups excluding carboxylic acids is 1. The van der Waals surface area contributed by atoms with Gasteiger partial charge in [-0.2, -0.15) is 0 Å². The van der Waals surface area contributed by atoms with Gasteiger partial charge >= 0.3 is 0 Å². The number of hydrogen-bond acceptors (Lipinski definition) is 3. The van der Waals surface area contributed by atoms with Gasteiger partial charge in [-0.3, -0.25) is 9.79 Å². The van der Waals surface area contributed by atoms with Crippen molar-refractivity contribution >= 4 is 11.9 Å². The fourth-order valence-electron chi connectivity index (χ4n) is 3.55. The molecule has 2 rings (SSSR count). The molecule has 1 saturated heterocycles. The number of likely N-dealkylation sites (tertiary alicyclic amines) is 1. The van der Waals surface area contributed by atoms with Crippen LogP contribution in [0.1, 0.15) is 39.0 Å². The Morgan fingerprint density at radius 3 is 2.59 bits per heavy atom. The van der Waals surface area contributed by atoms with Crippen LogP contribution in [-0.4, -0.2) is 73.2 Å². The molecule has 0 aromatic rings. The second-order valence-electron chi connectivity index (χ2n) is 6.75. The summed E-state index contributed by atoms with van der Waals surface area (Å²) in [6.45, 7) is 4.82. The van der Waals surface area contributed by atoms with Crippen LogP contribution >= 0.6 is 0 Å². The Morgan fingerprint density at radius 1 is 1.41 bits per heavy atom. The first kappa shape index (κ1) is 17.1. The first-order valence-electron chi connectivity index (χ1n) is 8.41. The van der Waals surface area contributed by atoms with E-state index < -0.39 is 0 Å². The minimum absolute atomic E-state index is 0.200. The molecule has 2 aliphatic rings. The third-order valence-electron chi connectivity index (χ3n) is 4.75. The molecule has 0 aromatic carbocycles. The largest absolute Gasteiger partial charge is 0.391 e. The van der Waals surface area contributed by atoms with Gasteiger partial charge in [0.1, 0.15) is 0 Å². The number of β-amino-alcohol motifs (C(OH)–C–C–N with tert-alkyl or cyclic N) is 1. The van der Waals surface area contributed by atoms with E-state index in [1.165, 1.54) is 0 Å². The predicted molar refractivity (Wildman–Crippen MR) is 87.8 cm³/mol. The van der Waals surface area contributed by atoms with Gasteiger partial charge < -0.3 is 20.2 Å². The Balaban J connectivity index is 2.11. The van der Waals surface area contributed by atoms with Gasteiger partial charge in [0, 0.05) is 33.7 Å². The van der Waals surface area contributed by atoms with Gasteiger partial charge in [0.05, 0.1) is 18.1 Å². The Labute approximate surface area is 133 Å². The van der Waals surface area contributed by atoms with E-state index in [9.17, 15) is 9.90 Å². The number of nitrogens with zero attached hydrogens (tertiary/aromatic N) is 3. The highest BCUT2D eigenvalue weighted by Crippen LogP contribution is 2.39. The third-order valence-corrected chi connectivity index (χ3v) is 4.75. The fourth-order valence-corrected chi connectivity index (χ4v) is 3.55. The van der Waals surface area contributed by atoms with E-state index in [4.69, 9.17) is 4.99 Å². The molecule has 6 heteroatoms. The molecule has 126 valence electrons. The molecule has 2 N–H and O–H groups in total. The quantitative estimate of drug-likeness (QED) is 0.591. The molecule has 1 atom stereocenters. The molecule has 6 nitrogen and oxygen atoms in total. The molecule has 1 aliphatic carbocycles. The molecule has 22 heavy (non-hydrogen) atoms. The van der Waals surface area contributed by atoms with Crippen LogP contribution in [0.3, 0.4) is 0 Å². The van der Waals surface area contributed by atoms with E-state index >= 15 is 0 Å². The number of aliphatic hydroxyl groups excluding tert-OH is 1. The van der Waals surface area contributed by atoms with Gasteiger partial charge in [-0.15, -0.1) is 0 Å². The highest BCUT2D eigenvalue weighted by Gasteiger charge is 2.42. The number of rotatable bonds is 4. The number of aliphatic hydroxyl groups is 1. The molecule has 0 aromatic heterocycles. The summed E-state index contributed by atoms with van der Waals surface area (Å²) >= 11 is 0. The summed E-state index contributed by atoms with van der Waals surface area (Å²) in [7, 11) is 3.66. The van der Waals surface area contributed by atoms with Crippen molar-refractivity contribution in [3.05, 3.63) is 0 Å². The lowest BCUT2D eigenvalue weighted by atomic mass is 9.85. The molecular formula is C16H30N4O2. The average molecular weight is 310 g/mol. The number of guanidine groups is 1. The van der Waals surface area contributed by atoms with Crippen molar-refractivity contribution in [1.29, 1.82) is 0 Å². The zero-order valence-corrected chi connectivity index (χ0v) is 14.1. The normalized spacial score (nSPS) is 24.6. The summed E-state index contributed by atoms with van der Waals surface area (Å²) in [5.41, 5.74) is -0.331. The lowest BCUT2D eigenvalue weighted by Gasteiger charge is -2.30. The molecule has 1 aliphatic heterocycles. The summed E-state index contributed by atoms with van der Waals surface area (Å²) in [6, 6.07) is 0. The summed E-state index contributed by atoms with van der Waals surface area (Å²) in [6.07, 6.45) is 4.58. The number of nitrogens with one attached hydrogen (secondary N) is 1. The lowest BCUT2D eigenvalue weighted by Crippen LogP contribution is -2.44. The Morgan fingerprint density at radius 2 is 2.09 bits per heavy atom. The van der Waals surface area contributed by atoms with Crippen LogP contribution in [0.4, 0.5) is 0 Å². The van der Waals surface area contributed by atoms with Crippen molar-refractivity contribution in [3.63, 3.8) is 0 Å². The maximum atomic E-state index is 12.6. The fraction of sp³-hybridized carbons (Fsp3) is 0.875. The Hall–Kier alpha value is -1.30. The van der Waals surface area contributed by atoms with E-state index in [0.29, 0.717) is 13.1 Å². The minimum atomic E-state index is -0.331. The maximum Gasteiger partial charge on any atom is 0.230 e. The van der Waals surface area contributed by atoms with Crippen LogP contribution in [0.2, 0.25) is 0 Å². The van der Waals surface area contributed by atoms with Crippen molar-refractivity contribution in [3.8, 4) is 0 Å². The maximum absolute atomic E-state index is 12.6. The van der Waals surface area contributed by atoms with Gasteiger partial charge in [0.2, 0.25) is 5.91 Å². The Bertz CT molecular complexity index is 416. The van der Waals surface area contributed by atoms with E-state index in [1.807, 2.05) is 21.0 Å². The second kappa shape index (κ2) is 7.31. The van der Waals surface area contributed by atoms with Gasteiger partial charge in [-0.05, 0) is 26.2 Å². The number of amides is 1. The molecule has 0 spiro atoms. The number of aliphatic imine (C=N–C) groups is 1. The van der Waals surface area contributed by atoms with Crippen LogP contribution in [0.15, 0.2) is 4.99 Å². The Kier molecular flexibility index (Phi) is 5.67. The van der Waals surface area contributed by atoms with Crippen molar-refractivity contribution in [2.75, 3.05) is 40.3 Å². The monoisotopic (exact) mass is 310 g/mol. The number of hydrogen-bond donors (Lipinski definition) is 2. The van der Waals surface area contributed by atoms with Crippen LogP contribution in [0.25, 0.3) is 0 Å². The molecule has 1 amide bonds. The zero-order valence-electron chi connectivity index (χ0n) is 14.1. The zero-order chi connectivity index (χ0) is 16.2. The highest BCUT2D eigenvalue weighted by molar-refractivity contribution is 5.84. The molecule has 1 saturated carbocycles. The molecular weight excluding hydrogens is 280 g/mol. The summed E-state index contributed by atoms with van der Waals surface area (Å²) in [4.78, 5) is 21.1. The molecule has 2 fully saturated rings. The van der Waals surface area contributed by atoms with Crippen molar-refractivity contribution in [2.24, 2.45) is 10.4 Å². The molecule has 1 heterocycles. The lowest BCUT2D eigenvalue weighted by molar-refractivity contribution is -0.138. The van der Waals surface area contributed by atoms with Crippen molar-refractivity contribution in [2.45, 2.75) is 45.1 Å². The second-order valence-corrected chi connectivity index (χ2v) is 6.75. The van der Waals surface area contributed by atoms with Crippen LogP contribution in [0.5, 0.6) is 0 Å². The van der Waals surface area contributed by atoms with Crippen molar-refractivity contribution < 1.29 is 9.90 Å². The first-order valence-corrected chi connectivity index (χ1v) is 8.41. The smallest absolute Gasteiger partial charge is 0.230 e. The molecule has 0 radical (unpaired) electrons. The summed E-state index contributed by atoms with van der Waals surface area (Å²) in [5, 5.41) is 13.0. The number of carbonyl (C=O) groups is 1. The summed E-state index contributed by atoms with van der Waals surface area (Å²) in [5.74, 6) is 1.03. The minimum Gasteiger partial charge on any atom is -0.391 e. The first-order chi connectivity index (χ1) is 10.5. The third kappa shape index (κ3) is 3.72. The van der Waals surface area contributed by atoms with Gasteiger partial charge in [0.15, 0.2) is 5.96 Å². The average Bonchev–Trinajstić information content (AvgIpc) is 3.12. The van der Waals surface area contributed by atoms with Crippen molar-refractivity contribution in [1.82, 2.24) is 15.1 Å². The van der Waals surface area contributed by atoms with Crippen LogP contribution in [0, 0.1) is 5.41 Å².